The molecule has 1 saturated carbocycles. The van der Waals surface area contributed by atoms with Crippen molar-refractivity contribution in [3.63, 3.8) is 0 Å². The highest BCUT2D eigenvalue weighted by molar-refractivity contribution is 5.85. The van der Waals surface area contributed by atoms with E-state index in [4.69, 9.17) is 11.5 Å². The third-order valence-corrected chi connectivity index (χ3v) is 3.91. The summed E-state index contributed by atoms with van der Waals surface area (Å²) in [7, 11) is 0. The molecule has 18 heavy (non-hydrogen) atoms. The summed E-state index contributed by atoms with van der Waals surface area (Å²) in [6.45, 7) is 7.04. The van der Waals surface area contributed by atoms with Crippen molar-refractivity contribution >= 4 is 5.91 Å². The molecule has 0 heterocycles. The first kappa shape index (κ1) is 15.4. The summed E-state index contributed by atoms with van der Waals surface area (Å²) < 4.78 is 0. The van der Waals surface area contributed by atoms with Gasteiger partial charge in [-0.25, -0.2) is 0 Å². The molecule has 0 aromatic heterocycles. The minimum atomic E-state index is -0.804. The minimum absolute atomic E-state index is 0.306. The van der Waals surface area contributed by atoms with Crippen LogP contribution in [0.3, 0.4) is 0 Å². The molecule has 1 unspecified atom stereocenters. The molecule has 1 atom stereocenters. The van der Waals surface area contributed by atoms with E-state index in [2.05, 4.69) is 18.7 Å². The zero-order valence-corrected chi connectivity index (χ0v) is 12.0. The SMILES string of the molecule is CCCCN(CCCC)CC(N)(C(N)=O)C1CC1. The quantitative estimate of drug-likeness (QED) is 0.621. The zero-order chi connectivity index (χ0) is 13.6. The molecule has 0 aromatic carbocycles. The Labute approximate surface area is 111 Å². The van der Waals surface area contributed by atoms with Crippen molar-refractivity contribution in [2.24, 2.45) is 17.4 Å². The number of primary amides is 1. The first-order valence-electron chi connectivity index (χ1n) is 7.35. The second-order valence-electron chi connectivity index (χ2n) is 5.66. The molecule has 106 valence electrons. The normalized spacial score (nSPS) is 18.9. The molecule has 0 aliphatic heterocycles. The lowest BCUT2D eigenvalue weighted by molar-refractivity contribution is -0.124. The van der Waals surface area contributed by atoms with E-state index in [1.165, 1.54) is 12.8 Å². The van der Waals surface area contributed by atoms with Crippen LogP contribution < -0.4 is 11.5 Å². The van der Waals surface area contributed by atoms with Gasteiger partial charge in [-0.05, 0) is 44.7 Å². The highest BCUT2D eigenvalue weighted by Crippen LogP contribution is 2.38. The van der Waals surface area contributed by atoms with Gasteiger partial charge in [-0.15, -0.1) is 0 Å². The minimum Gasteiger partial charge on any atom is -0.368 e. The summed E-state index contributed by atoms with van der Waals surface area (Å²) in [5, 5.41) is 0. The Kier molecular flexibility index (Phi) is 6.09. The Morgan fingerprint density at radius 1 is 1.22 bits per heavy atom. The molecule has 1 rings (SSSR count). The fourth-order valence-electron chi connectivity index (χ4n) is 2.41. The molecule has 0 spiro atoms. The van der Waals surface area contributed by atoms with E-state index in [0.717, 1.165) is 38.8 Å². The topological polar surface area (TPSA) is 72.3 Å². The summed E-state index contributed by atoms with van der Waals surface area (Å²) in [4.78, 5) is 14.0. The van der Waals surface area contributed by atoms with Crippen molar-refractivity contribution in [1.29, 1.82) is 0 Å². The molecular weight excluding hydrogens is 226 g/mol. The Balaban J connectivity index is 2.57. The number of amides is 1. The van der Waals surface area contributed by atoms with Crippen LogP contribution in [-0.2, 0) is 4.79 Å². The Bertz CT molecular complexity index is 258. The number of hydrogen-bond acceptors (Lipinski definition) is 3. The van der Waals surface area contributed by atoms with Gasteiger partial charge in [-0.3, -0.25) is 4.79 Å². The second kappa shape index (κ2) is 7.10. The summed E-state index contributed by atoms with van der Waals surface area (Å²) in [5.41, 5.74) is 11.0. The lowest BCUT2D eigenvalue weighted by Crippen LogP contribution is -2.60. The third kappa shape index (κ3) is 4.25. The van der Waals surface area contributed by atoms with Crippen molar-refractivity contribution in [2.75, 3.05) is 19.6 Å². The lowest BCUT2D eigenvalue weighted by atomic mass is 9.92. The van der Waals surface area contributed by atoms with E-state index in [1.54, 1.807) is 0 Å². The van der Waals surface area contributed by atoms with Crippen molar-refractivity contribution in [2.45, 2.75) is 57.9 Å². The van der Waals surface area contributed by atoms with Crippen molar-refractivity contribution in [1.82, 2.24) is 4.90 Å². The molecule has 1 aliphatic rings. The van der Waals surface area contributed by atoms with E-state index in [0.29, 0.717) is 12.5 Å². The van der Waals surface area contributed by atoms with Gasteiger partial charge in [0.1, 0.15) is 5.54 Å². The Morgan fingerprint density at radius 2 is 1.72 bits per heavy atom. The number of carbonyl (C=O) groups is 1. The maximum atomic E-state index is 11.7. The van der Waals surface area contributed by atoms with Crippen LogP contribution in [0.2, 0.25) is 0 Å². The molecule has 1 amide bonds. The highest BCUT2D eigenvalue weighted by atomic mass is 16.1. The van der Waals surface area contributed by atoms with Crippen LogP contribution in [0, 0.1) is 5.92 Å². The molecule has 1 fully saturated rings. The molecule has 4 N–H and O–H groups in total. The van der Waals surface area contributed by atoms with Gasteiger partial charge in [0.05, 0.1) is 0 Å². The standard InChI is InChI=1S/C14H29N3O/c1-3-5-9-17(10-6-4-2)11-14(16,13(15)18)12-7-8-12/h12H,3-11,16H2,1-2H3,(H2,15,18). The van der Waals surface area contributed by atoms with Crippen LogP contribution in [0.25, 0.3) is 0 Å². The van der Waals surface area contributed by atoms with Crippen molar-refractivity contribution in [3.8, 4) is 0 Å². The van der Waals surface area contributed by atoms with Crippen molar-refractivity contribution < 1.29 is 4.79 Å². The molecule has 0 saturated heterocycles. The highest BCUT2D eigenvalue weighted by Gasteiger charge is 2.47. The lowest BCUT2D eigenvalue weighted by Gasteiger charge is -2.33. The summed E-state index contributed by atoms with van der Waals surface area (Å²) in [6.07, 6.45) is 6.75. The molecule has 0 radical (unpaired) electrons. The molecule has 4 heteroatoms. The smallest absolute Gasteiger partial charge is 0.239 e. The van der Waals surface area contributed by atoms with Crippen LogP contribution >= 0.6 is 0 Å². The average Bonchev–Trinajstić information content (AvgIpc) is 3.16. The van der Waals surface area contributed by atoms with Crippen molar-refractivity contribution in [3.05, 3.63) is 0 Å². The van der Waals surface area contributed by atoms with E-state index in [-0.39, 0.29) is 5.91 Å². The molecule has 0 aromatic rings. The first-order chi connectivity index (χ1) is 8.54. The van der Waals surface area contributed by atoms with Gasteiger partial charge in [-0.1, -0.05) is 26.7 Å². The summed E-state index contributed by atoms with van der Waals surface area (Å²) in [5.74, 6) is -0.0243. The Morgan fingerprint density at radius 3 is 2.06 bits per heavy atom. The van der Waals surface area contributed by atoms with Gasteiger partial charge in [-0.2, -0.15) is 0 Å². The van der Waals surface area contributed by atoms with Gasteiger partial charge in [0, 0.05) is 6.54 Å². The number of hydrogen-bond donors (Lipinski definition) is 2. The van der Waals surface area contributed by atoms with Crippen LogP contribution in [0.1, 0.15) is 52.4 Å². The number of nitrogens with zero attached hydrogens (tertiary/aromatic N) is 1. The predicted octanol–water partition coefficient (Wildman–Crippen LogP) is 1.48. The number of rotatable bonds is 10. The fraction of sp³-hybridized carbons (Fsp3) is 0.929. The molecule has 1 aliphatic carbocycles. The fourth-order valence-corrected chi connectivity index (χ4v) is 2.41. The van der Waals surface area contributed by atoms with E-state index in [1.807, 2.05) is 0 Å². The Hall–Kier alpha value is -0.610. The number of nitrogens with two attached hydrogens (primary N) is 2. The maximum absolute atomic E-state index is 11.7. The van der Waals surface area contributed by atoms with E-state index < -0.39 is 5.54 Å². The first-order valence-corrected chi connectivity index (χ1v) is 7.35. The zero-order valence-electron chi connectivity index (χ0n) is 12.0. The van der Waals surface area contributed by atoms with E-state index in [9.17, 15) is 4.79 Å². The summed E-state index contributed by atoms with van der Waals surface area (Å²) in [6, 6.07) is 0. The van der Waals surface area contributed by atoms with Crippen LogP contribution in [-0.4, -0.2) is 36.0 Å². The number of carbonyl (C=O) groups excluding carboxylic acids is 1. The van der Waals surface area contributed by atoms with Crippen LogP contribution in [0.4, 0.5) is 0 Å². The third-order valence-electron chi connectivity index (χ3n) is 3.91. The van der Waals surface area contributed by atoms with Gasteiger partial charge in [0.25, 0.3) is 0 Å². The van der Waals surface area contributed by atoms with Gasteiger partial charge < -0.3 is 16.4 Å². The van der Waals surface area contributed by atoms with Crippen LogP contribution in [0.5, 0.6) is 0 Å². The number of unbranched alkanes of at least 4 members (excludes halogenated alkanes) is 2. The van der Waals surface area contributed by atoms with E-state index >= 15 is 0 Å². The second-order valence-corrected chi connectivity index (χ2v) is 5.66. The van der Waals surface area contributed by atoms with Gasteiger partial charge in [0.2, 0.25) is 5.91 Å². The van der Waals surface area contributed by atoms with Crippen LogP contribution in [0.15, 0.2) is 0 Å². The van der Waals surface area contributed by atoms with Gasteiger partial charge in [0.15, 0.2) is 0 Å². The summed E-state index contributed by atoms with van der Waals surface area (Å²) >= 11 is 0. The predicted molar refractivity (Wildman–Crippen MR) is 75.1 cm³/mol. The average molecular weight is 255 g/mol. The van der Waals surface area contributed by atoms with Gasteiger partial charge >= 0.3 is 0 Å². The molecule has 4 nitrogen and oxygen atoms in total. The maximum Gasteiger partial charge on any atom is 0.239 e. The monoisotopic (exact) mass is 255 g/mol. The molecule has 0 bridgehead atoms. The molecular formula is C14H29N3O. The largest absolute Gasteiger partial charge is 0.368 e.